The molecule has 3 rings (SSSR count). The largest absolute Gasteiger partial charge is 0.383 e. The van der Waals surface area contributed by atoms with Gasteiger partial charge in [-0.05, 0) is 38.2 Å². The van der Waals surface area contributed by atoms with E-state index in [0.29, 0.717) is 19.7 Å². The summed E-state index contributed by atoms with van der Waals surface area (Å²) in [5.74, 6) is 0. The molecule has 0 fully saturated rings. The zero-order valence-electron chi connectivity index (χ0n) is 12.5. The van der Waals surface area contributed by atoms with Crippen LogP contribution in [0.3, 0.4) is 0 Å². The first-order chi connectivity index (χ1) is 10.2. The Kier molecular flexibility index (Phi) is 3.99. The van der Waals surface area contributed by atoms with E-state index in [4.69, 9.17) is 4.74 Å². The molecule has 0 aromatic carbocycles. The molecule has 0 spiro atoms. The summed E-state index contributed by atoms with van der Waals surface area (Å²) in [5, 5.41) is 0.771. The fourth-order valence-corrected chi connectivity index (χ4v) is 4.47. The van der Waals surface area contributed by atoms with Gasteiger partial charge in [0.25, 0.3) is 5.56 Å². The second-order valence-corrected chi connectivity index (χ2v) is 6.45. The zero-order chi connectivity index (χ0) is 15.0. The molecule has 0 aliphatic heterocycles. The predicted octanol–water partition coefficient (Wildman–Crippen LogP) is 1.77. The van der Waals surface area contributed by atoms with Crippen molar-refractivity contribution in [2.24, 2.45) is 0 Å². The summed E-state index contributed by atoms with van der Waals surface area (Å²) in [4.78, 5) is 27.3. The number of rotatable bonds is 4. The summed E-state index contributed by atoms with van der Waals surface area (Å²) >= 11 is 1.62. The van der Waals surface area contributed by atoms with Gasteiger partial charge < -0.3 is 4.74 Å². The number of aromatic nitrogens is 2. The molecule has 0 saturated heterocycles. The third kappa shape index (κ3) is 2.26. The maximum absolute atomic E-state index is 12.7. The Morgan fingerprint density at radius 2 is 1.95 bits per heavy atom. The Morgan fingerprint density at radius 3 is 2.67 bits per heavy atom. The lowest BCUT2D eigenvalue weighted by molar-refractivity contribution is 0.186. The van der Waals surface area contributed by atoms with Crippen molar-refractivity contribution in [3.05, 3.63) is 31.3 Å². The van der Waals surface area contributed by atoms with E-state index in [9.17, 15) is 9.59 Å². The fraction of sp³-hybridized carbons (Fsp3) is 0.600. The van der Waals surface area contributed by atoms with Gasteiger partial charge in [0.1, 0.15) is 4.83 Å². The number of methoxy groups -OCH3 is 1. The van der Waals surface area contributed by atoms with Gasteiger partial charge >= 0.3 is 5.69 Å². The molecule has 21 heavy (non-hydrogen) atoms. The quantitative estimate of drug-likeness (QED) is 0.865. The van der Waals surface area contributed by atoms with Crippen LogP contribution in [0.15, 0.2) is 9.59 Å². The molecule has 1 aliphatic carbocycles. The lowest BCUT2D eigenvalue weighted by Gasteiger charge is -2.12. The molecule has 0 radical (unpaired) electrons. The van der Waals surface area contributed by atoms with Crippen LogP contribution < -0.4 is 11.2 Å². The van der Waals surface area contributed by atoms with E-state index in [1.54, 1.807) is 23.0 Å². The van der Waals surface area contributed by atoms with Crippen LogP contribution in [-0.4, -0.2) is 22.9 Å². The molecule has 2 heterocycles. The van der Waals surface area contributed by atoms with Gasteiger partial charge in [0.05, 0.1) is 18.5 Å². The number of fused-ring (bicyclic) bond motifs is 3. The molecular weight excluding hydrogens is 288 g/mol. The number of ether oxygens (including phenoxy) is 1. The summed E-state index contributed by atoms with van der Waals surface area (Å²) in [7, 11) is 1.62. The molecular formula is C15H20N2O3S. The molecule has 114 valence electrons. The SMILES string of the molecule is CCn1c(=O)c2c3c(sc2n(CCOC)c1=O)CCCC3. The summed E-state index contributed by atoms with van der Waals surface area (Å²) in [6, 6.07) is 0. The van der Waals surface area contributed by atoms with Crippen molar-refractivity contribution in [3.63, 3.8) is 0 Å². The van der Waals surface area contributed by atoms with Gasteiger partial charge in [-0.25, -0.2) is 4.79 Å². The summed E-state index contributed by atoms with van der Waals surface area (Å²) in [6.45, 7) is 3.21. The van der Waals surface area contributed by atoms with Gasteiger partial charge in [-0.15, -0.1) is 11.3 Å². The van der Waals surface area contributed by atoms with Crippen LogP contribution in [0.25, 0.3) is 10.2 Å². The smallest absolute Gasteiger partial charge is 0.332 e. The average molecular weight is 308 g/mol. The Balaban J connectivity index is 2.36. The molecule has 0 amide bonds. The average Bonchev–Trinajstić information content (AvgIpc) is 2.87. The van der Waals surface area contributed by atoms with Crippen LogP contribution >= 0.6 is 11.3 Å². The normalized spacial score (nSPS) is 14.6. The molecule has 2 aromatic heterocycles. The van der Waals surface area contributed by atoms with Crippen LogP contribution in [-0.2, 0) is 30.7 Å². The van der Waals surface area contributed by atoms with Crippen molar-refractivity contribution in [2.45, 2.75) is 45.7 Å². The number of nitrogens with zero attached hydrogens (tertiary/aromatic N) is 2. The topological polar surface area (TPSA) is 53.2 Å². The lowest BCUT2D eigenvalue weighted by atomic mass is 9.97. The minimum Gasteiger partial charge on any atom is -0.383 e. The first-order valence-corrected chi connectivity index (χ1v) is 8.27. The van der Waals surface area contributed by atoms with Crippen LogP contribution in [0.4, 0.5) is 0 Å². The molecule has 0 bridgehead atoms. The minimum absolute atomic E-state index is 0.120. The Bertz CT molecular complexity index is 785. The molecule has 6 heteroatoms. The number of aryl methyl sites for hydroxylation is 2. The highest BCUT2D eigenvalue weighted by molar-refractivity contribution is 7.18. The summed E-state index contributed by atoms with van der Waals surface area (Å²) in [6.07, 6.45) is 4.28. The molecule has 1 aliphatic rings. The lowest BCUT2D eigenvalue weighted by Crippen LogP contribution is -2.40. The molecule has 5 nitrogen and oxygen atoms in total. The standard InChI is InChI=1S/C15H20N2O3S/c1-3-16-13(18)12-10-6-4-5-7-11(10)21-14(12)17(15(16)19)8-9-20-2/h3-9H2,1-2H3. The second-order valence-electron chi connectivity index (χ2n) is 5.37. The number of hydrogen-bond donors (Lipinski definition) is 0. The Labute approximate surface area is 126 Å². The number of hydrogen-bond acceptors (Lipinski definition) is 4. The van der Waals surface area contributed by atoms with Crippen molar-refractivity contribution in [3.8, 4) is 0 Å². The first-order valence-electron chi connectivity index (χ1n) is 7.45. The van der Waals surface area contributed by atoms with Crippen LogP contribution in [0.2, 0.25) is 0 Å². The Morgan fingerprint density at radius 1 is 1.19 bits per heavy atom. The van der Waals surface area contributed by atoms with E-state index in [2.05, 4.69) is 0 Å². The third-order valence-electron chi connectivity index (χ3n) is 4.15. The van der Waals surface area contributed by atoms with E-state index >= 15 is 0 Å². The molecule has 0 unspecified atom stereocenters. The van der Waals surface area contributed by atoms with E-state index < -0.39 is 0 Å². The van der Waals surface area contributed by atoms with Crippen LogP contribution in [0.1, 0.15) is 30.2 Å². The zero-order valence-corrected chi connectivity index (χ0v) is 13.3. The van der Waals surface area contributed by atoms with Crippen LogP contribution in [0, 0.1) is 0 Å². The second kappa shape index (κ2) is 5.77. The van der Waals surface area contributed by atoms with Gasteiger partial charge in [-0.2, -0.15) is 0 Å². The molecule has 0 saturated carbocycles. The van der Waals surface area contributed by atoms with Gasteiger partial charge in [-0.3, -0.25) is 13.9 Å². The van der Waals surface area contributed by atoms with Crippen molar-refractivity contribution in [1.82, 2.24) is 9.13 Å². The summed E-state index contributed by atoms with van der Waals surface area (Å²) in [5.41, 5.74) is 0.843. The van der Waals surface area contributed by atoms with Crippen molar-refractivity contribution < 1.29 is 4.74 Å². The highest BCUT2D eigenvalue weighted by Gasteiger charge is 2.22. The van der Waals surface area contributed by atoms with Crippen molar-refractivity contribution in [2.75, 3.05) is 13.7 Å². The maximum Gasteiger partial charge on any atom is 0.332 e. The van der Waals surface area contributed by atoms with E-state index in [-0.39, 0.29) is 11.2 Å². The van der Waals surface area contributed by atoms with Gasteiger partial charge in [0.2, 0.25) is 0 Å². The van der Waals surface area contributed by atoms with Gasteiger partial charge in [0, 0.05) is 18.5 Å². The fourth-order valence-electron chi connectivity index (χ4n) is 3.08. The maximum atomic E-state index is 12.7. The van der Waals surface area contributed by atoms with Gasteiger partial charge in [-0.1, -0.05) is 0 Å². The molecule has 0 N–H and O–H groups in total. The predicted molar refractivity (Wildman–Crippen MR) is 84.5 cm³/mol. The van der Waals surface area contributed by atoms with Crippen LogP contribution in [0.5, 0.6) is 0 Å². The van der Waals surface area contributed by atoms with E-state index in [1.165, 1.54) is 21.4 Å². The van der Waals surface area contributed by atoms with Crippen molar-refractivity contribution in [1.29, 1.82) is 0 Å². The molecule has 0 atom stereocenters. The Hall–Kier alpha value is -1.40. The first kappa shape index (κ1) is 14.5. The monoisotopic (exact) mass is 308 g/mol. The molecule has 2 aromatic rings. The van der Waals surface area contributed by atoms with Gasteiger partial charge in [0.15, 0.2) is 0 Å². The van der Waals surface area contributed by atoms with E-state index in [0.717, 1.165) is 29.5 Å². The number of thiophene rings is 1. The minimum atomic E-state index is -0.217. The highest BCUT2D eigenvalue weighted by Crippen LogP contribution is 2.34. The highest BCUT2D eigenvalue weighted by atomic mass is 32.1. The van der Waals surface area contributed by atoms with Crippen molar-refractivity contribution >= 4 is 21.6 Å². The summed E-state index contributed by atoms with van der Waals surface area (Å²) < 4.78 is 8.17. The van der Waals surface area contributed by atoms with E-state index in [1.807, 2.05) is 6.92 Å². The third-order valence-corrected chi connectivity index (χ3v) is 5.47.